The number of hydrogen-bond donors (Lipinski definition) is 2. The average Bonchev–Trinajstić information content (AvgIpc) is 2.41. The summed E-state index contributed by atoms with van der Waals surface area (Å²) in [4.78, 5) is 11.6. The van der Waals surface area contributed by atoms with Gasteiger partial charge in [-0.3, -0.25) is 4.79 Å². The van der Waals surface area contributed by atoms with E-state index in [0.29, 0.717) is 12.3 Å². The second-order valence-electron chi connectivity index (χ2n) is 5.53. The van der Waals surface area contributed by atoms with E-state index in [4.69, 9.17) is 0 Å². The van der Waals surface area contributed by atoms with Gasteiger partial charge in [-0.25, -0.2) is 0 Å². The molecule has 1 saturated heterocycles. The first-order chi connectivity index (χ1) is 8.83. The van der Waals surface area contributed by atoms with Crippen LogP contribution in [0.5, 0.6) is 0 Å². The molecule has 3 heteroatoms. The van der Waals surface area contributed by atoms with Gasteiger partial charge >= 0.3 is 0 Å². The molecular weight excluding hydrogens is 224 g/mol. The fourth-order valence-corrected chi connectivity index (χ4v) is 2.51. The van der Waals surface area contributed by atoms with Gasteiger partial charge in [0.2, 0.25) is 5.91 Å². The number of unbranched alkanes of at least 4 members (excludes halogenated alkanes) is 5. The van der Waals surface area contributed by atoms with Crippen LogP contribution in [0.25, 0.3) is 0 Å². The Balaban J connectivity index is 1.90. The minimum absolute atomic E-state index is 0.246. The van der Waals surface area contributed by atoms with Crippen molar-refractivity contribution in [3.63, 3.8) is 0 Å². The summed E-state index contributed by atoms with van der Waals surface area (Å²) in [6.45, 7) is 5.30. The zero-order chi connectivity index (χ0) is 13.1. The quantitative estimate of drug-likeness (QED) is 0.621. The molecule has 1 amide bonds. The molecule has 1 unspecified atom stereocenters. The van der Waals surface area contributed by atoms with Gasteiger partial charge in [-0.15, -0.1) is 0 Å². The first-order valence-electron chi connectivity index (χ1n) is 7.80. The molecule has 0 bridgehead atoms. The van der Waals surface area contributed by atoms with Crippen LogP contribution in [0.4, 0.5) is 0 Å². The van der Waals surface area contributed by atoms with Gasteiger partial charge in [-0.05, 0) is 38.3 Å². The molecule has 0 radical (unpaired) electrons. The van der Waals surface area contributed by atoms with Crippen molar-refractivity contribution in [1.82, 2.24) is 10.6 Å². The lowest BCUT2D eigenvalue weighted by molar-refractivity contribution is -0.121. The minimum Gasteiger partial charge on any atom is -0.356 e. The number of amides is 1. The van der Waals surface area contributed by atoms with E-state index in [9.17, 15) is 4.79 Å². The van der Waals surface area contributed by atoms with E-state index in [1.54, 1.807) is 0 Å². The first-order valence-corrected chi connectivity index (χ1v) is 7.80. The van der Waals surface area contributed by atoms with Crippen molar-refractivity contribution in [3.05, 3.63) is 0 Å². The molecule has 0 spiro atoms. The van der Waals surface area contributed by atoms with Gasteiger partial charge in [0.05, 0.1) is 0 Å². The average molecular weight is 254 g/mol. The Labute approximate surface area is 112 Å². The highest BCUT2D eigenvalue weighted by atomic mass is 16.1. The van der Waals surface area contributed by atoms with Crippen LogP contribution in [-0.2, 0) is 4.79 Å². The molecule has 0 aromatic rings. The van der Waals surface area contributed by atoms with Crippen LogP contribution in [0.15, 0.2) is 0 Å². The van der Waals surface area contributed by atoms with E-state index in [1.807, 2.05) is 0 Å². The van der Waals surface area contributed by atoms with E-state index in [1.165, 1.54) is 44.9 Å². The summed E-state index contributed by atoms with van der Waals surface area (Å²) in [6, 6.07) is 0. The van der Waals surface area contributed by atoms with Crippen molar-refractivity contribution >= 4 is 5.91 Å². The Morgan fingerprint density at radius 3 is 2.72 bits per heavy atom. The largest absolute Gasteiger partial charge is 0.356 e. The van der Waals surface area contributed by atoms with E-state index in [-0.39, 0.29) is 5.91 Å². The topological polar surface area (TPSA) is 41.1 Å². The van der Waals surface area contributed by atoms with Crippen molar-refractivity contribution in [2.45, 2.75) is 64.7 Å². The van der Waals surface area contributed by atoms with Crippen LogP contribution in [0.1, 0.15) is 64.7 Å². The van der Waals surface area contributed by atoms with Gasteiger partial charge < -0.3 is 10.6 Å². The summed E-state index contributed by atoms with van der Waals surface area (Å²) in [7, 11) is 0. The molecule has 0 aliphatic carbocycles. The van der Waals surface area contributed by atoms with E-state index >= 15 is 0 Å². The van der Waals surface area contributed by atoms with Crippen LogP contribution in [-0.4, -0.2) is 25.5 Å². The van der Waals surface area contributed by atoms with E-state index in [0.717, 1.165) is 26.1 Å². The number of piperidine rings is 1. The van der Waals surface area contributed by atoms with E-state index < -0.39 is 0 Å². The summed E-state index contributed by atoms with van der Waals surface area (Å²) >= 11 is 0. The highest BCUT2D eigenvalue weighted by Crippen LogP contribution is 2.09. The molecule has 1 aliphatic heterocycles. The Bertz CT molecular complexity index is 213. The van der Waals surface area contributed by atoms with Crippen molar-refractivity contribution in [2.24, 2.45) is 5.92 Å². The predicted molar refractivity (Wildman–Crippen MR) is 76.6 cm³/mol. The molecule has 1 aliphatic rings. The Morgan fingerprint density at radius 2 is 2.00 bits per heavy atom. The zero-order valence-corrected chi connectivity index (χ0v) is 12.0. The van der Waals surface area contributed by atoms with Gasteiger partial charge in [0.25, 0.3) is 0 Å². The second-order valence-corrected chi connectivity index (χ2v) is 5.53. The fourth-order valence-electron chi connectivity index (χ4n) is 2.51. The maximum absolute atomic E-state index is 11.6. The summed E-state index contributed by atoms with van der Waals surface area (Å²) in [6.07, 6.45) is 10.7. The van der Waals surface area contributed by atoms with Crippen molar-refractivity contribution < 1.29 is 4.79 Å². The second kappa shape index (κ2) is 10.4. The highest BCUT2D eigenvalue weighted by molar-refractivity contribution is 5.75. The predicted octanol–water partition coefficient (Wildman–Crippen LogP) is 2.85. The third-order valence-corrected chi connectivity index (χ3v) is 3.74. The zero-order valence-electron chi connectivity index (χ0n) is 12.0. The molecule has 2 N–H and O–H groups in total. The minimum atomic E-state index is 0.246. The third-order valence-electron chi connectivity index (χ3n) is 3.74. The number of nitrogens with one attached hydrogen (secondary N) is 2. The van der Waals surface area contributed by atoms with Crippen LogP contribution >= 0.6 is 0 Å². The molecule has 1 rings (SSSR count). The molecule has 18 heavy (non-hydrogen) atoms. The van der Waals surface area contributed by atoms with Crippen LogP contribution < -0.4 is 10.6 Å². The maximum Gasteiger partial charge on any atom is 0.220 e. The summed E-state index contributed by atoms with van der Waals surface area (Å²) in [5.74, 6) is 0.892. The maximum atomic E-state index is 11.6. The molecular formula is C15H30N2O. The van der Waals surface area contributed by atoms with E-state index in [2.05, 4.69) is 17.6 Å². The normalized spacial score (nSPS) is 19.7. The Morgan fingerprint density at radius 1 is 1.22 bits per heavy atom. The number of carbonyl (C=O) groups excluding carboxylic acids is 1. The smallest absolute Gasteiger partial charge is 0.220 e. The van der Waals surface area contributed by atoms with Gasteiger partial charge in [-0.1, -0.05) is 39.0 Å². The molecule has 106 valence electrons. The molecule has 0 saturated carbocycles. The van der Waals surface area contributed by atoms with Gasteiger partial charge in [0, 0.05) is 13.0 Å². The standard InChI is InChI=1S/C15H30N2O/c1-2-3-4-5-6-7-10-15(18)17-13-14-9-8-11-16-12-14/h14,16H,2-13H2,1H3,(H,17,18). The lowest BCUT2D eigenvalue weighted by Crippen LogP contribution is -2.38. The molecule has 1 heterocycles. The number of rotatable bonds is 9. The van der Waals surface area contributed by atoms with Crippen LogP contribution in [0.3, 0.4) is 0 Å². The van der Waals surface area contributed by atoms with Gasteiger partial charge in [0.1, 0.15) is 0 Å². The summed E-state index contributed by atoms with van der Waals surface area (Å²) in [5.41, 5.74) is 0. The lowest BCUT2D eigenvalue weighted by atomic mass is 10.00. The third kappa shape index (κ3) is 7.70. The van der Waals surface area contributed by atoms with Gasteiger partial charge in [-0.2, -0.15) is 0 Å². The molecule has 3 nitrogen and oxygen atoms in total. The van der Waals surface area contributed by atoms with Crippen molar-refractivity contribution in [2.75, 3.05) is 19.6 Å². The summed E-state index contributed by atoms with van der Waals surface area (Å²) < 4.78 is 0. The van der Waals surface area contributed by atoms with Crippen molar-refractivity contribution in [1.29, 1.82) is 0 Å². The molecule has 1 atom stereocenters. The first kappa shape index (κ1) is 15.5. The van der Waals surface area contributed by atoms with Crippen molar-refractivity contribution in [3.8, 4) is 0 Å². The highest BCUT2D eigenvalue weighted by Gasteiger charge is 2.13. The fraction of sp³-hybridized carbons (Fsp3) is 0.933. The van der Waals surface area contributed by atoms with Crippen LogP contribution in [0.2, 0.25) is 0 Å². The molecule has 1 fully saturated rings. The number of carbonyl (C=O) groups is 1. The van der Waals surface area contributed by atoms with Crippen LogP contribution in [0, 0.1) is 5.92 Å². The molecule has 0 aromatic heterocycles. The van der Waals surface area contributed by atoms with Gasteiger partial charge in [0.15, 0.2) is 0 Å². The Hall–Kier alpha value is -0.570. The monoisotopic (exact) mass is 254 g/mol. The SMILES string of the molecule is CCCCCCCCC(=O)NCC1CCCNC1. The number of hydrogen-bond acceptors (Lipinski definition) is 2. The summed E-state index contributed by atoms with van der Waals surface area (Å²) in [5, 5.41) is 6.45. The Kier molecular flexibility index (Phi) is 8.92. The molecule has 0 aromatic carbocycles. The lowest BCUT2D eigenvalue weighted by Gasteiger charge is -2.22.